The Morgan fingerprint density at radius 3 is 1.44 bits per heavy atom. The number of hydrogen-bond donors (Lipinski definition) is 4. The molecule has 0 amide bonds. The van der Waals surface area contributed by atoms with Gasteiger partial charge >= 0.3 is 11.9 Å². The number of rotatable bonds is 6. The first kappa shape index (κ1) is 14.5. The van der Waals surface area contributed by atoms with Gasteiger partial charge in [0.05, 0.1) is 0 Å². The number of ether oxygens (including phenoxy) is 2. The molecule has 8 heteroatoms. The average molecular weight is 236 g/mol. The summed E-state index contributed by atoms with van der Waals surface area (Å²) < 4.78 is 8.49. The van der Waals surface area contributed by atoms with Crippen LogP contribution in [0.5, 0.6) is 0 Å². The molecule has 0 rings (SSSR count). The minimum atomic E-state index is -1.78. The molecule has 0 radical (unpaired) electrons. The normalized spacial score (nSPS) is 11.1. The minimum Gasteiger partial charge on any atom is -0.457 e. The van der Waals surface area contributed by atoms with Crippen molar-refractivity contribution in [3.8, 4) is 0 Å². The molecule has 4 N–H and O–H groups in total. The van der Waals surface area contributed by atoms with Crippen molar-refractivity contribution < 1.29 is 39.5 Å². The molecular formula is C8H12O8. The minimum absolute atomic E-state index is 0.617. The summed E-state index contributed by atoms with van der Waals surface area (Å²) in [5.74, 6) is -1.93. The monoisotopic (exact) mass is 236 g/mol. The van der Waals surface area contributed by atoms with E-state index in [1.807, 2.05) is 0 Å². The van der Waals surface area contributed by atoms with E-state index in [0.717, 1.165) is 0 Å². The lowest BCUT2D eigenvalue weighted by Crippen LogP contribution is -2.18. The van der Waals surface area contributed by atoms with E-state index < -0.39 is 37.7 Å². The van der Waals surface area contributed by atoms with E-state index in [1.54, 1.807) is 0 Å². The number of aliphatic hydroxyl groups is 4. The predicted octanol–water partition coefficient (Wildman–Crippen LogP) is -2.75. The second-order valence-electron chi connectivity index (χ2n) is 2.55. The van der Waals surface area contributed by atoms with Crippen LogP contribution in [0.3, 0.4) is 0 Å². The molecule has 0 aromatic rings. The summed E-state index contributed by atoms with van der Waals surface area (Å²) >= 11 is 0. The first-order valence-corrected chi connectivity index (χ1v) is 4.15. The van der Waals surface area contributed by atoms with Gasteiger partial charge in [-0.05, 0) is 0 Å². The van der Waals surface area contributed by atoms with Crippen molar-refractivity contribution in [1.82, 2.24) is 0 Å². The van der Waals surface area contributed by atoms with Crippen LogP contribution in [-0.2, 0) is 19.1 Å². The highest BCUT2D eigenvalue weighted by Crippen LogP contribution is 1.88. The molecule has 0 spiro atoms. The predicted molar refractivity (Wildman–Crippen MR) is 47.5 cm³/mol. The Labute approximate surface area is 90.3 Å². The number of hydrogen-bond acceptors (Lipinski definition) is 8. The van der Waals surface area contributed by atoms with Gasteiger partial charge in [0.15, 0.2) is 12.6 Å². The van der Waals surface area contributed by atoms with Crippen LogP contribution >= 0.6 is 0 Å². The first-order valence-electron chi connectivity index (χ1n) is 4.15. The lowest BCUT2D eigenvalue weighted by Gasteiger charge is -2.03. The van der Waals surface area contributed by atoms with Gasteiger partial charge in [0, 0.05) is 12.2 Å². The Balaban J connectivity index is 3.80. The molecule has 0 unspecified atom stereocenters. The fourth-order valence-corrected chi connectivity index (χ4v) is 0.546. The van der Waals surface area contributed by atoms with Gasteiger partial charge in [-0.15, -0.1) is 0 Å². The van der Waals surface area contributed by atoms with E-state index in [9.17, 15) is 9.59 Å². The van der Waals surface area contributed by atoms with Gasteiger partial charge in [0.2, 0.25) is 0 Å². The van der Waals surface area contributed by atoms with Crippen molar-refractivity contribution >= 4 is 11.9 Å². The Hall–Kier alpha value is -1.48. The summed E-state index contributed by atoms with van der Waals surface area (Å²) in [4.78, 5) is 21.5. The summed E-state index contributed by atoms with van der Waals surface area (Å²) in [5, 5.41) is 33.3. The third-order valence-electron chi connectivity index (χ3n) is 1.10. The second kappa shape index (κ2) is 7.77. The molecule has 0 fully saturated rings. The molecule has 0 saturated heterocycles. The van der Waals surface area contributed by atoms with Crippen molar-refractivity contribution in [1.29, 1.82) is 0 Å². The van der Waals surface area contributed by atoms with Crippen LogP contribution in [-0.4, -0.2) is 58.2 Å². The molecule has 0 saturated carbocycles. The Bertz CT molecular complexity index is 231. The van der Waals surface area contributed by atoms with Gasteiger partial charge < -0.3 is 29.9 Å². The number of carbonyl (C=O) groups excluding carboxylic acids is 2. The van der Waals surface area contributed by atoms with E-state index in [4.69, 9.17) is 20.4 Å². The second-order valence-corrected chi connectivity index (χ2v) is 2.55. The van der Waals surface area contributed by atoms with E-state index in [1.165, 1.54) is 0 Å². The maximum atomic E-state index is 10.8. The Kier molecular flexibility index (Phi) is 7.05. The van der Waals surface area contributed by atoms with Gasteiger partial charge in [0.25, 0.3) is 0 Å². The lowest BCUT2D eigenvalue weighted by atomic mass is 10.5. The van der Waals surface area contributed by atoms with Crippen LogP contribution in [0.25, 0.3) is 0 Å². The summed E-state index contributed by atoms with van der Waals surface area (Å²) in [6, 6.07) is 0. The quantitative estimate of drug-likeness (QED) is 0.221. The molecule has 0 aliphatic carbocycles. The molecule has 0 aromatic heterocycles. The van der Waals surface area contributed by atoms with Crippen molar-refractivity contribution in [2.24, 2.45) is 0 Å². The maximum absolute atomic E-state index is 10.8. The van der Waals surface area contributed by atoms with E-state index >= 15 is 0 Å². The van der Waals surface area contributed by atoms with Gasteiger partial charge in [-0.3, -0.25) is 0 Å². The molecule has 16 heavy (non-hydrogen) atoms. The molecular weight excluding hydrogens is 224 g/mol. The fourth-order valence-electron chi connectivity index (χ4n) is 0.546. The molecule has 92 valence electrons. The molecule has 0 bridgehead atoms. The van der Waals surface area contributed by atoms with Crippen LogP contribution in [0, 0.1) is 0 Å². The molecule has 0 aliphatic heterocycles. The van der Waals surface area contributed by atoms with Gasteiger partial charge in [-0.1, -0.05) is 0 Å². The lowest BCUT2D eigenvalue weighted by molar-refractivity contribution is -0.152. The first-order chi connectivity index (χ1) is 7.41. The zero-order chi connectivity index (χ0) is 12.6. The molecule has 0 atom stereocenters. The van der Waals surface area contributed by atoms with E-state index in [2.05, 4.69) is 9.47 Å². The summed E-state index contributed by atoms with van der Waals surface area (Å²) in [6.07, 6.45) is -2.16. The summed E-state index contributed by atoms with van der Waals surface area (Å²) in [5.41, 5.74) is 0. The Morgan fingerprint density at radius 2 is 1.19 bits per heavy atom. The smallest absolute Gasteiger partial charge is 0.331 e. The highest BCUT2D eigenvalue weighted by Gasteiger charge is 2.05. The van der Waals surface area contributed by atoms with Crippen LogP contribution in [0.2, 0.25) is 0 Å². The molecule has 0 aliphatic rings. The zero-order valence-electron chi connectivity index (χ0n) is 8.15. The van der Waals surface area contributed by atoms with Crippen molar-refractivity contribution in [3.63, 3.8) is 0 Å². The number of aliphatic hydroxyl groups excluding tert-OH is 2. The average Bonchev–Trinajstić information content (AvgIpc) is 2.20. The number of esters is 2. The maximum Gasteiger partial charge on any atom is 0.331 e. The third kappa shape index (κ3) is 9.09. The van der Waals surface area contributed by atoms with E-state index in [0.29, 0.717) is 12.2 Å². The SMILES string of the molecule is O=C(/C=C/C(=O)OCC(O)O)OCC(O)O. The van der Waals surface area contributed by atoms with Gasteiger partial charge in [-0.2, -0.15) is 0 Å². The summed E-state index contributed by atoms with van der Waals surface area (Å²) in [6.45, 7) is -1.23. The van der Waals surface area contributed by atoms with Crippen LogP contribution in [0.4, 0.5) is 0 Å². The molecule has 8 nitrogen and oxygen atoms in total. The standard InChI is InChI=1S/C8H12O8/c9-5(10)3-15-7(13)1-2-8(14)16-4-6(11)12/h1-2,5-6,9-12H,3-4H2/b2-1+. The highest BCUT2D eigenvalue weighted by molar-refractivity contribution is 5.91. The topological polar surface area (TPSA) is 134 Å². The van der Waals surface area contributed by atoms with Crippen molar-refractivity contribution in [3.05, 3.63) is 12.2 Å². The van der Waals surface area contributed by atoms with Gasteiger partial charge in [-0.25, -0.2) is 9.59 Å². The van der Waals surface area contributed by atoms with Crippen LogP contribution < -0.4 is 0 Å². The largest absolute Gasteiger partial charge is 0.457 e. The summed E-state index contributed by atoms with van der Waals surface area (Å²) in [7, 11) is 0. The highest BCUT2D eigenvalue weighted by atomic mass is 16.6. The number of carbonyl (C=O) groups is 2. The van der Waals surface area contributed by atoms with Crippen LogP contribution in [0.15, 0.2) is 12.2 Å². The Morgan fingerprint density at radius 1 is 0.875 bits per heavy atom. The zero-order valence-corrected chi connectivity index (χ0v) is 8.15. The van der Waals surface area contributed by atoms with E-state index in [-0.39, 0.29) is 0 Å². The van der Waals surface area contributed by atoms with Crippen molar-refractivity contribution in [2.75, 3.05) is 13.2 Å². The third-order valence-corrected chi connectivity index (χ3v) is 1.10. The fraction of sp³-hybridized carbons (Fsp3) is 0.500. The molecule has 0 aromatic carbocycles. The van der Waals surface area contributed by atoms with Crippen molar-refractivity contribution in [2.45, 2.75) is 12.6 Å². The van der Waals surface area contributed by atoms with Crippen LogP contribution in [0.1, 0.15) is 0 Å². The van der Waals surface area contributed by atoms with Gasteiger partial charge in [0.1, 0.15) is 13.2 Å². The molecule has 0 heterocycles.